The summed E-state index contributed by atoms with van der Waals surface area (Å²) in [5.41, 5.74) is 2.78. The molecule has 4 rings (SSSR count). The lowest BCUT2D eigenvalue weighted by Gasteiger charge is -2.18. The highest BCUT2D eigenvalue weighted by atomic mass is 16.5. The molecule has 5 heteroatoms. The van der Waals surface area contributed by atoms with Gasteiger partial charge in [0.15, 0.2) is 0 Å². The van der Waals surface area contributed by atoms with Gasteiger partial charge >= 0.3 is 0 Å². The van der Waals surface area contributed by atoms with E-state index >= 15 is 0 Å². The molecule has 0 bridgehead atoms. The van der Waals surface area contributed by atoms with Gasteiger partial charge in [0.2, 0.25) is 0 Å². The van der Waals surface area contributed by atoms with Crippen molar-refractivity contribution in [3.8, 4) is 5.75 Å². The average molecular weight is 387 g/mol. The lowest BCUT2D eigenvalue weighted by Crippen LogP contribution is -2.37. The van der Waals surface area contributed by atoms with Gasteiger partial charge in [-0.05, 0) is 35.4 Å². The summed E-state index contributed by atoms with van der Waals surface area (Å²) in [7, 11) is 0. The fourth-order valence-corrected chi connectivity index (χ4v) is 3.41. The van der Waals surface area contributed by atoms with Gasteiger partial charge in [-0.15, -0.1) is 0 Å². The lowest BCUT2D eigenvalue weighted by molar-refractivity contribution is 0.0544. The Morgan fingerprint density at radius 2 is 1.34 bits per heavy atom. The maximum Gasteiger partial charge on any atom is 0.261 e. The number of carbonyl (C=O) groups is 2. The highest BCUT2D eigenvalue weighted by Crippen LogP contribution is 2.23. The van der Waals surface area contributed by atoms with Crippen molar-refractivity contribution in [2.75, 3.05) is 6.54 Å². The van der Waals surface area contributed by atoms with Crippen LogP contribution in [0.15, 0.2) is 78.9 Å². The zero-order valence-corrected chi connectivity index (χ0v) is 15.8. The fourth-order valence-electron chi connectivity index (χ4n) is 3.41. The first-order valence-corrected chi connectivity index (χ1v) is 9.51. The number of hydrogen-bond acceptors (Lipinski definition) is 4. The fraction of sp³-hybridized carbons (Fsp3) is 0.167. The molecule has 146 valence electrons. The van der Waals surface area contributed by atoms with Gasteiger partial charge in [-0.3, -0.25) is 14.5 Å². The number of imide groups is 1. The molecule has 1 aliphatic heterocycles. The summed E-state index contributed by atoms with van der Waals surface area (Å²) in [6.07, 6.45) is -0.500. The third-order valence-corrected chi connectivity index (χ3v) is 4.91. The number of carbonyl (C=O) groups excluding carboxylic acids is 2. The Bertz CT molecular complexity index is 980. The predicted octanol–water partition coefficient (Wildman–Crippen LogP) is 3.47. The molecule has 3 aromatic carbocycles. The van der Waals surface area contributed by atoms with E-state index in [1.54, 1.807) is 24.3 Å². The van der Waals surface area contributed by atoms with Crippen molar-refractivity contribution >= 4 is 11.8 Å². The van der Waals surface area contributed by atoms with E-state index in [1.165, 1.54) is 0 Å². The number of amides is 2. The molecule has 1 atom stereocenters. The van der Waals surface area contributed by atoms with Crippen molar-refractivity contribution in [1.82, 2.24) is 4.90 Å². The van der Waals surface area contributed by atoms with Crippen molar-refractivity contribution < 1.29 is 19.4 Å². The van der Waals surface area contributed by atoms with Crippen LogP contribution < -0.4 is 4.74 Å². The van der Waals surface area contributed by atoms with E-state index in [4.69, 9.17) is 4.74 Å². The molecule has 1 heterocycles. The van der Waals surface area contributed by atoms with Crippen LogP contribution in [0.3, 0.4) is 0 Å². The maximum atomic E-state index is 12.4. The summed E-state index contributed by atoms with van der Waals surface area (Å²) in [5, 5.41) is 10.4. The Hall–Kier alpha value is -3.44. The van der Waals surface area contributed by atoms with Crippen LogP contribution in [-0.4, -0.2) is 34.5 Å². The molecule has 0 aromatic heterocycles. The number of aliphatic hydroxyl groups excluding tert-OH is 1. The Morgan fingerprint density at radius 1 is 0.759 bits per heavy atom. The average Bonchev–Trinajstić information content (AvgIpc) is 2.99. The smallest absolute Gasteiger partial charge is 0.261 e. The molecule has 1 aliphatic rings. The van der Waals surface area contributed by atoms with Gasteiger partial charge in [-0.25, -0.2) is 0 Å². The zero-order valence-electron chi connectivity index (χ0n) is 15.8. The minimum atomic E-state index is -0.840. The van der Waals surface area contributed by atoms with Gasteiger partial charge in [0.1, 0.15) is 12.4 Å². The number of fused-ring (bicyclic) bond motifs is 1. The molecule has 1 N–H and O–H groups in total. The van der Waals surface area contributed by atoms with Gasteiger partial charge in [0, 0.05) is 6.42 Å². The van der Waals surface area contributed by atoms with Gasteiger partial charge in [-0.2, -0.15) is 0 Å². The quantitative estimate of drug-likeness (QED) is 0.631. The third kappa shape index (κ3) is 4.20. The Labute approximate surface area is 169 Å². The number of β-amino-alcohol motifs (C(OH)–C–C–N with tert-alkyl or cyclic N) is 1. The summed E-state index contributed by atoms with van der Waals surface area (Å²) in [6, 6.07) is 24.1. The van der Waals surface area contributed by atoms with Crippen LogP contribution in [0, 0.1) is 0 Å². The molecule has 0 saturated carbocycles. The van der Waals surface area contributed by atoms with E-state index in [-0.39, 0.29) is 18.4 Å². The molecule has 0 spiro atoms. The third-order valence-electron chi connectivity index (χ3n) is 4.91. The molecule has 0 unspecified atom stereocenters. The molecule has 5 nitrogen and oxygen atoms in total. The molecule has 2 amide bonds. The molecular formula is C24H21NO4. The zero-order chi connectivity index (χ0) is 20.2. The van der Waals surface area contributed by atoms with Crippen LogP contribution in [0.4, 0.5) is 0 Å². The monoisotopic (exact) mass is 387 g/mol. The van der Waals surface area contributed by atoms with E-state index in [1.807, 2.05) is 54.6 Å². The first kappa shape index (κ1) is 18.9. The Balaban J connectivity index is 1.33. The molecule has 3 aromatic rings. The van der Waals surface area contributed by atoms with E-state index in [9.17, 15) is 14.7 Å². The van der Waals surface area contributed by atoms with Crippen LogP contribution in [0.1, 0.15) is 31.8 Å². The van der Waals surface area contributed by atoms with Crippen molar-refractivity contribution in [3.63, 3.8) is 0 Å². The number of benzene rings is 3. The molecule has 29 heavy (non-hydrogen) atoms. The number of ether oxygens (including phenoxy) is 1. The Kier molecular flexibility index (Phi) is 5.40. The van der Waals surface area contributed by atoms with Gasteiger partial charge in [0.25, 0.3) is 11.8 Å². The Morgan fingerprint density at radius 3 is 1.97 bits per heavy atom. The van der Waals surface area contributed by atoms with Crippen LogP contribution in [-0.2, 0) is 13.0 Å². The number of hydrogen-bond donors (Lipinski definition) is 1. The van der Waals surface area contributed by atoms with E-state index in [2.05, 4.69) is 0 Å². The summed E-state index contributed by atoms with van der Waals surface area (Å²) >= 11 is 0. The van der Waals surface area contributed by atoms with Crippen molar-refractivity contribution in [1.29, 1.82) is 0 Å². The first-order chi connectivity index (χ1) is 14.1. The number of aliphatic hydroxyl groups is 1. The number of rotatable bonds is 7. The second-order valence-electron chi connectivity index (χ2n) is 7.04. The first-order valence-electron chi connectivity index (χ1n) is 9.51. The minimum Gasteiger partial charge on any atom is -0.489 e. The van der Waals surface area contributed by atoms with E-state index in [0.717, 1.165) is 21.8 Å². The standard InChI is InChI=1S/C24H21NO4/c26-19(15-25-23(27)21-8-4-5-9-22(21)24(25)28)14-17-10-12-20(13-11-17)29-16-18-6-2-1-3-7-18/h1-13,19,26H,14-16H2/t19-/m0/s1. The normalized spacial score (nSPS) is 14.0. The van der Waals surface area contributed by atoms with Crippen LogP contribution >= 0.6 is 0 Å². The largest absolute Gasteiger partial charge is 0.489 e. The topological polar surface area (TPSA) is 66.8 Å². The molecular weight excluding hydrogens is 366 g/mol. The summed E-state index contributed by atoms with van der Waals surface area (Å²) in [4.78, 5) is 25.9. The summed E-state index contributed by atoms with van der Waals surface area (Å²) in [5.74, 6) is 0.0380. The lowest BCUT2D eigenvalue weighted by atomic mass is 10.1. The minimum absolute atomic E-state index is 0.0292. The van der Waals surface area contributed by atoms with Crippen molar-refractivity contribution in [3.05, 3.63) is 101 Å². The van der Waals surface area contributed by atoms with E-state index < -0.39 is 6.10 Å². The van der Waals surface area contributed by atoms with Crippen LogP contribution in [0.25, 0.3) is 0 Å². The number of nitrogens with zero attached hydrogens (tertiary/aromatic N) is 1. The van der Waals surface area contributed by atoms with E-state index in [0.29, 0.717) is 24.2 Å². The van der Waals surface area contributed by atoms with Crippen LogP contribution in [0.5, 0.6) is 5.75 Å². The van der Waals surface area contributed by atoms with Crippen molar-refractivity contribution in [2.24, 2.45) is 0 Å². The highest BCUT2D eigenvalue weighted by Gasteiger charge is 2.35. The summed E-state index contributed by atoms with van der Waals surface area (Å²) in [6.45, 7) is 0.459. The molecule has 0 fully saturated rings. The molecule has 0 saturated heterocycles. The SMILES string of the molecule is O=C1c2ccccc2C(=O)N1C[C@@H](O)Cc1ccc(OCc2ccccc2)cc1. The van der Waals surface area contributed by atoms with Crippen molar-refractivity contribution in [2.45, 2.75) is 19.1 Å². The molecule has 0 aliphatic carbocycles. The van der Waals surface area contributed by atoms with Crippen LogP contribution in [0.2, 0.25) is 0 Å². The maximum absolute atomic E-state index is 12.4. The van der Waals surface area contributed by atoms with Gasteiger partial charge in [-0.1, -0.05) is 54.6 Å². The predicted molar refractivity (Wildman–Crippen MR) is 109 cm³/mol. The van der Waals surface area contributed by atoms with Gasteiger partial charge in [0.05, 0.1) is 23.8 Å². The second kappa shape index (κ2) is 8.29. The highest BCUT2D eigenvalue weighted by molar-refractivity contribution is 6.21. The second-order valence-corrected chi connectivity index (χ2v) is 7.04. The van der Waals surface area contributed by atoms with Gasteiger partial charge < -0.3 is 9.84 Å². The molecule has 0 radical (unpaired) electrons. The summed E-state index contributed by atoms with van der Waals surface area (Å²) < 4.78 is 5.76.